The molecule has 0 bridgehead atoms. The van der Waals surface area contributed by atoms with Crippen molar-refractivity contribution in [3.63, 3.8) is 0 Å². The summed E-state index contributed by atoms with van der Waals surface area (Å²) in [5.41, 5.74) is 6.25. The molecule has 0 aliphatic carbocycles. The van der Waals surface area contributed by atoms with Crippen LogP contribution in [0.2, 0.25) is 0 Å². The van der Waals surface area contributed by atoms with E-state index in [0.717, 1.165) is 33.8 Å². The Morgan fingerprint density at radius 1 is 0.966 bits per heavy atom. The van der Waals surface area contributed by atoms with E-state index in [-0.39, 0.29) is 5.41 Å². The van der Waals surface area contributed by atoms with Crippen LogP contribution in [0.15, 0.2) is 53.2 Å². The van der Waals surface area contributed by atoms with Crippen LogP contribution in [0.1, 0.15) is 49.2 Å². The molecule has 6 heteroatoms. The lowest BCUT2D eigenvalue weighted by Crippen LogP contribution is -2.11. The van der Waals surface area contributed by atoms with Gasteiger partial charge >= 0.3 is 0 Å². The molecule has 3 heterocycles. The van der Waals surface area contributed by atoms with Gasteiger partial charge in [-0.3, -0.25) is 4.98 Å². The lowest BCUT2D eigenvalue weighted by Gasteiger charge is -2.18. The van der Waals surface area contributed by atoms with E-state index in [4.69, 9.17) is 4.42 Å². The van der Waals surface area contributed by atoms with Gasteiger partial charge in [-0.05, 0) is 54.7 Å². The second-order valence-electron chi connectivity index (χ2n) is 8.40. The predicted molar refractivity (Wildman–Crippen MR) is 112 cm³/mol. The van der Waals surface area contributed by atoms with E-state index in [1.807, 2.05) is 17.8 Å². The van der Waals surface area contributed by atoms with E-state index >= 15 is 0 Å². The van der Waals surface area contributed by atoms with Crippen molar-refractivity contribution in [3.05, 3.63) is 77.2 Å². The van der Waals surface area contributed by atoms with Crippen molar-refractivity contribution in [2.75, 3.05) is 0 Å². The van der Waals surface area contributed by atoms with Gasteiger partial charge in [-0.15, -0.1) is 10.2 Å². The van der Waals surface area contributed by atoms with Crippen LogP contribution in [0, 0.1) is 13.8 Å². The summed E-state index contributed by atoms with van der Waals surface area (Å²) >= 11 is 0. The summed E-state index contributed by atoms with van der Waals surface area (Å²) in [5.74, 6) is 1.08. The molecule has 0 aliphatic rings. The van der Waals surface area contributed by atoms with E-state index in [1.165, 1.54) is 0 Å². The van der Waals surface area contributed by atoms with Crippen molar-refractivity contribution < 1.29 is 4.42 Å². The van der Waals surface area contributed by atoms with Gasteiger partial charge in [0.25, 0.3) is 0 Å². The van der Waals surface area contributed by atoms with Gasteiger partial charge in [-0.25, -0.2) is 4.68 Å². The second-order valence-corrected chi connectivity index (χ2v) is 8.40. The van der Waals surface area contributed by atoms with E-state index in [2.05, 4.69) is 84.4 Å². The first kappa shape index (κ1) is 19.1. The summed E-state index contributed by atoms with van der Waals surface area (Å²) in [7, 11) is 0. The molecule has 0 radical (unpaired) electrons. The Morgan fingerprint density at radius 3 is 2.38 bits per heavy atom. The minimum absolute atomic E-state index is 0.0130. The summed E-state index contributed by atoms with van der Waals surface area (Å²) in [6.07, 6.45) is 4.22. The smallest absolute Gasteiger partial charge is 0.249 e. The molecule has 0 fully saturated rings. The van der Waals surface area contributed by atoms with Gasteiger partial charge in [-0.2, -0.15) is 5.10 Å². The molecular formula is C23H25N5O. The summed E-state index contributed by atoms with van der Waals surface area (Å²) < 4.78 is 7.84. The molecule has 148 valence electrons. The van der Waals surface area contributed by atoms with Crippen molar-refractivity contribution in [1.29, 1.82) is 0 Å². The zero-order valence-electron chi connectivity index (χ0n) is 17.5. The van der Waals surface area contributed by atoms with Crippen LogP contribution in [0.3, 0.4) is 0 Å². The fraction of sp³-hybridized carbons (Fsp3) is 0.304. The molecule has 0 unspecified atom stereocenters. The van der Waals surface area contributed by atoms with E-state index in [0.29, 0.717) is 18.2 Å². The molecule has 0 amide bonds. The molecule has 0 saturated heterocycles. The van der Waals surface area contributed by atoms with Crippen LogP contribution in [-0.2, 0) is 11.8 Å². The van der Waals surface area contributed by atoms with Crippen molar-refractivity contribution in [1.82, 2.24) is 25.0 Å². The largest absolute Gasteiger partial charge is 0.420 e. The third-order valence-electron chi connectivity index (χ3n) is 4.86. The van der Waals surface area contributed by atoms with Crippen molar-refractivity contribution in [3.8, 4) is 17.1 Å². The lowest BCUT2D eigenvalue weighted by atomic mass is 9.88. The average molecular weight is 387 g/mol. The minimum Gasteiger partial charge on any atom is -0.420 e. The molecule has 0 aliphatic heterocycles. The van der Waals surface area contributed by atoms with Crippen molar-refractivity contribution >= 4 is 0 Å². The van der Waals surface area contributed by atoms with Gasteiger partial charge in [-0.1, -0.05) is 32.9 Å². The van der Waals surface area contributed by atoms with Gasteiger partial charge in [0, 0.05) is 18.1 Å². The maximum absolute atomic E-state index is 5.90. The first-order chi connectivity index (χ1) is 13.8. The lowest BCUT2D eigenvalue weighted by molar-refractivity contribution is 0.517. The van der Waals surface area contributed by atoms with Gasteiger partial charge in [0.05, 0.1) is 23.4 Å². The Bertz CT molecular complexity index is 1130. The fourth-order valence-electron chi connectivity index (χ4n) is 3.23. The van der Waals surface area contributed by atoms with Crippen molar-refractivity contribution in [2.24, 2.45) is 0 Å². The van der Waals surface area contributed by atoms with Crippen LogP contribution in [0.4, 0.5) is 0 Å². The molecule has 0 atom stereocenters. The molecule has 0 spiro atoms. The van der Waals surface area contributed by atoms with Crippen LogP contribution >= 0.6 is 0 Å². The number of hydrogen-bond donors (Lipinski definition) is 0. The zero-order chi connectivity index (χ0) is 20.6. The third-order valence-corrected chi connectivity index (χ3v) is 4.86. The number of benzene rings is 1. The predicted octanol–water partition coefficient (Wildman–Crippen LogP) is 4.82. The molecule has 6 nitrogen and oxygen atoms in total. The number of nitrogens with zero attached hydrogens (tertiary/aromatic N) is 5. The fourth-order valence-corrected chi connectivity index (χ4v) is 3.23. The first-order valence-electron chi connectivity index (χ1n) is 9.70. The molecule has 0 saturated carbocycles. The zero-order valence-corrected chi connectivity index (χ0v) is 17.5. The molecular weight excluding hydrogens is 362 g/mol. The average Bonchev–Trinajstić information content (AvgIpc) is 3.28. The summed E-state index contributed by atoms with van der Waals surface area (Å²) in [6.45, 7) is 10.5. The highest BCUT2D eigenvalue weighted by Gasteiger charge is 2.17. The van der Waals surface area contributed by atoms with E-state index in [1.54, 1.807) is 6.20 Å². The van der Waals surface area contributed by atoms with Crippen LogP contribution in [0.25, 0.3) is 17.1 Å². The minimum atomic E-state index is 0.0130. The third kappa shape index (κ3) is 4.11. The highest BCUT2D eigenvalue weighted by molar-refractivity contribution is 5.52. The Balaban J connectivity index is 1.52. The SMILES string of the molecule is Cc1cc(C)n(-c2ccc(Cc3nnc(-c4cncc(C(C)(C)C)c4)o3)cc2)n1. The first-order valence-corrected chi connectivity index (χ1v) is 9.70. The van der Waals surface area contributed by atoms with Gasteiger partial charge < -0.3 is 4.42 Å². The number of rotatable bonds is 4. The number of pyridine rings is 1. The van der Waals surface area contributed by atoms with E-state index in [9.17, 15) is 0 Å². The maximum Gasteiger partial charge on any atom is 0.249 e. The summed E-state index contributed by atoms with van der Waals surface area (Å²) in [6, 6.07) is 12.4. The van der Waals surface area contributed by atoms with Crippen LogP contribution in [-0.4, -0.2) is 25.0 Å². The quantitative estimate of drug-likeness (QED) is 0.502. The number of aryl methyl sites for hydroxylation is 2. The Hall–Kier alpha value is -3.28. The molecule has 3 aromatic heterocycles. The Kier molecular flexibility index (Phi) is 4.78. The Labute approximate surface area is 170 Å². The van der Waals surface area contributed by atoms with Crippen LogP contribution in [0.5, 0.6) is 0 Å². The molecule has 0 N–H and O–H groups in total. The number of aromatic nitrogens is 5. The topological polar surface area (TPSA) is 69.6 Å². The Morgan fingerprint density at radius 2 is 1.72 bits per heavy atom. The molecule has 4 aromatic rings. The van der Waals surface area contributed by atoms with Gasteiger partial charge in [0.15, 0.2) is 0 Å². The summed E-state index contributed by atoms with van der Waals surface area (Å²) in [5, 5.41) is 13.0. The molecule has 29 heavy (non-hydrogen) atoms. The second kappa shape index (κ2) is 7.28. The standard InChI is InChI=1S/C23H25N5O/c1-15-10-16(2)28(27-15)20-8-6-17(7-9-20)11-21-25-26-22(29-21)18-12-19(14-24-13-18)23(3,4)5/h6-10,12-14H,11H2,1-5H3. The van der Waals surface area contributed by atoms with Crippen LogP contribution < -0.4 is 0 Å². The highest BCUT2D eigenvalue weighted by Crippen LogP contribution is 2.26. The number of hydrogen-bond acceptors (Lipinski definition) is 5. The van der Waals surface area contributed by atoms with E-state index < -0.39 is 0 Å². The van der Waals surface area contributed by atoms with Crippen molar-refractivity contribution in [2.45, 2.75) is 46.5 Å². The molecule has 1 aromatic carbocycles. The maximum atomic E-state index is 5.90. The molecule has 4 rings (SSSR count). The highest BCUT2D eigenvalue weighted by atomic mass is 16.4. The van der Waals surface area contributed by atoms with Gasteiger partial charge in [0.2, 0.25) is 11.8 Å². The normalized spacial score (nSPS) is 11.8. The summed E-state index contributed by atoms with van der Waals surface area (Å²) in [4.78, 5) is 4.33. The van der Waals surface area contributed by atoms with Gasteiger partial charge in [0.1, 0.15) is 0 Å². The monoisotopic (exact) mass is 387 g/mol.